The topological polar surface area (TPSA) is 29.9 Å². The first-order valence-electron chi connectivity index (χ1n) is 5.50. The molecule has 0 spiro atoms. The molecule has 1 aromatic rings. The van der Waals surface area contributed by atoms with Crippen molar-refractivity contribution in [2.45, 2.75) is 32.6 Å². The normalized spacial score (nSPS) is 10.7. The van der Waals surface area contributed by atoms with E-state index in [4.69, 9.17) is 0 Å². The van der Waals surface area contributed by atoms with Crippen molar-refractivity contribution >= 4 is 0 Å². The van der Waals surface area contributed by atoms with Gasteiger partial charge < -0.3 is 9.88 Å². The van der Waals surface area contributed by atoms with Crippen LogP contribution in [0.4, 0.5) is 0 Å². The molecule has 0 bridgehead atoms. The van der Waals surface area contributed by atoms with Crippen molar-refractivity contribution in [3.05, 3.63) is 18.2 Å². The van der Waals surface area contributed by atoms with E-state index >= 15 is 0 Å². The maximum atomic E-state index is 4.10. The standard InChI is InChI=1S/C11H21N3/c1-3-7-12-8-5-4-6-11-9-13-10-14(11)2/h9-10,12H,3-8H2,1-2H3. The van der Waals surface area contributed by atoms with Crippen LogP contribution >= 0.6 is 0 Å². The summed E-state index contributed by atoms with van der Waals surface area (Å²) in [7, 11) is 2.05. The zero-order chi connectivity index (χ0) is 10.2. The molecular formula is C11H21N3. The average molecular weight is 195 g/mol. The van der Waals surface area contributed by atoms with Gasteiger partial charge in [0, 0.05) is 18.9 Å². The molecule has 3 nitrogen and oxygen atoms in total. The number of hydrogen-bond acceptors (Lipinski definition) is 2. The first-order valence-corrected chi connectivity index (χ1v) is 5.50. The Bertz CT molecular complexity index is 242. The van der Waals surface area contributed by atoms with Crippen molar-refractivity contribution in [3.8, 4) is 0 Å². The van der Waals surface area contributed by atoms with Crippen molar-refractivity contribution in [3.63, 3.8) is 0 Å². The summed E-state index contributed by atoms with van der Waals surface area (Å²) in [6.45, 7) is 4.49. The van der Waals surface area contributed by atoms with Gasteiger partial charge in [0.05, 0.1) is 6.33 Å². The predicted octanol–water partition coefficient (Wildman–Crippen LogP) is 1.74. The first-order chi connectivity index (χ1) is 6.84. The van der Waals surface area contributed by atoms with Crippen molar-refractivity contribution in [2.24, 2.45) is 7.05 Å². The molecule has 3 heteroatoms. The average Bonchev–Trinajstić information content (AvgIpc) is 2.58. The fourth-order valence-corrected chi connectivity index (χ4v) is 1.48. The Labute approximate surface area is 86.5 Å². The molecule has 0 saturated heterocycles. The SMILES string of the molecule is CCCNCCCCc1cncn1C. The van der Waals surface area contributed by atoms with Crippen LogP contribution in [0.1, 0.15) is 31.9 Å². The van der Waals surface area contributed by atoms with E-state index in [2.05, 4.69) is 28.8 Å². The second-order valence-electron chi connectivity index (χ2n) is 3.70. The number of aromatic nitrogens is 2. The zero-order valence-electron chi connectivity index (χ0n) is 9.29. The molecule has 80 valence electrons. The number of nitrogens with zero attached hydrogens (tertiary/aromatic N) is 2. The molecule has 0 aliphatic rings. The van der Waals surface area contributed by atoms with E-state index in [9.17, 15) is 0 Å². The molecule has 1 heterocycles. The van der Waals surface area contributed by atoms with E-state index in [1.807, 2.05) is 12.5 Å². The largest absolute Gasteiger partial charge is 0.338 e. The molecule has 0 aromatic carbocycles. The fourth-order valence-electron chi connectivity index (χ4n) is 1.48. The second kappa shape index (κ2) is 6.60. The lowest BCUT2D eigenvalue weighted by Crippen LogP contribution is -2.16. The summed E-state index contributed by atoms with van der Waals surface area (Å²) < 4.78 is 2.10. The molecule has 1 rings (SSSR count). The molecule has 0 saturated carbocycles. The minimum atomic E-state index is 1.14. The summed E-state index contributed by atoms with van der Waals surface area (Å²) in [5.41, 5.74) is 1.33. The quantitative estimate of drug-likeness (QED) is 0.672. The lowest BCUT2D eigenvalue weighted by atomic mass is 10.2. The van der Waals surface area contributed by atoms with E-state index in [1.165, 1.54) is 25.0 Å². The summed E-state index contributed by atoms with van der Waals surface area (Å²) in [6.07, 6.45) is 8.69. The third-order valence-corrected chi connectivity index (χ3v) is 2.38. The second-order valence-corrected chi connectivity index (χ2v) is 3.70. The molecule has 0 amide bonds. The van der Waals surface area contributed by atoms with E-state index in [-0.39, 0.29) is 0 Å². The number of imidazole rings is 1. The first kappa shape index (κ1) is 11.2. The van der Waals surface area contributed by atoms with Crippen LogP contribution in [0.2, 0.25) is 0 Å². The summed E-state index contributed by atoms with van der Waals surface area (Å²) in [5, 5.41) is 3.41. The van der Waals surface area contributed by atoms with Crippen molar-refractivity contribution in [2.75, 3.05) is 13.1 Å². The van der Waals surface area contributed by atoms with Crippen LogP contribution in [0, 0.1) is 0 Å². The van der Waals surface area contributed by atoms with E-state index < -0.39 is 0 Å². The van der Waals surface area contributed by atoms with Gasteiger partial charge in [0.15, 0.2) is 0 Å². The number of hydrogen-bond donors (Lipinski definition) is 1. The monoisotopic (exact) mass is 195 g/mol. The van der Waals surface area contributed by atoms with Gasteiger partial charge in [0.1, 0.15) is 0 Å². The lowest BCUT2D eigenvalue weighted by Gasteiger charge is -2.03. The summed E-state index contributed by atoms with van der Waals surface area (Å²) in [4.78, 5) is 4.10. The summed E-state index contributed by atoms with van der Waals surface area (Å²) >= 11 is 0. The third-order valence-electron chi connectivity index (χ3n) is 2.38. The molecule has 0 aliphatic carbocycles. The van der Waals surface area contributed by atoms with Crippen LogP contribution in [0.25, 0.3) is 0 Å². The van der Waals surface area contributed by atoms with Gasteiger partial charge in [-0.05, 0) is 38.8 Å². The number of unbranched alkanes of at least 4 members (excludes halogenated alkanes) is 1. The van der Waals surface area contributed by atoms with Gasteiger partial charge in [0.2, 0.25) is 0 Å². The molecule has 1 N–H and O–H groups in total. The number of aryl methyl sites for hydroxylation is 2. The summed E-state index contributed by atoms with van der Waals surface area (Å²) in [6, 6.07) is 0. The van der Waals surface area contributed by atoms with Gasteiger partial charge in [0.25, 0.3) is 0 Å². The molecule has 0 fully saturated rings. The Kier molecular flexibility index (Phi) is 5.30. The molecule has 0 atom stereocenters. The Morgan fingerprint density at radius 2 is 2.21 bits per heavy atom. The van der Waals surface area contributed by atoms with E-state index in [1.54, 1.807) is 0 Å². The van der Waals surface area contributed by atoms with Gasteiger partial charge >= 0.3 is 0 Å². The molecule has 14 heavy (non-hydrogen) atoms. The zero-order valence-corrected chi connectivity index (χ0v) is 9.29. The van der Waals surface area contributed by atoms with E-state index in [0.29, 0.717) is 0 Å². The van der Waals surface area contributed by atoms with Crippen LogP contribution in [-0.4, -0.2) is 22.6 Å². The van der Waals surface area contributed by atoms with Crippen LogP contribution in [-0.2, 0) is 13.5 Å². The van der Waals surface area contributed by atoms with Crippen LogP contribution < -0.4 is 5.32 Å². The van der Waals surface area contributed by atoms with Crippen LogP contribution in [0.15, 0.2) is 12.5 Å². The predicted molar refractivity (Wildman–Crippen MR) is 59.3 cm³/mol. The van der Waals surface area contributed by atoms with Gasteiger partial charge in [-0.25, -0.2) is 4.98 Å². The fraction of sp³-hybridized carbons (Fsp3) is 0.727. The summed E-state index contributed by atoms with van der Waals surface area (Å²) in [5.74, 6) is 0. The highest BCUT2D eigenvalue weighted by atomic mass is 15.0. The third kappa shape index (κ3) is 3.92. The maximum Gasteiger partial charge on any atom is 0.0945 e. The van der Waals surface area contributed by atoms with Gasteiger partial charge in [-0.15, -0.1) is 0 Å². The van der Waals surface area contributed by atoms with Gasteiger partial charge in [-0.3, -0.25) is 0 Å². The Morgan fingerprint density at radius 1 is 1.36 bits per heavy atom. The van der Waals surface area contributed by atoms with Crippen molar-refractivity contribution < 1.29 is 0 Å². The lowest BCUT2D eigenvalue weighted by molar-refractivity contribution is 0.609. The number of rotatable bonds is 7. The van der Waals surface area contributed by atoms with Gasteiger partial charge in [-0.1, -0.05) is 6.92 Å². The molecule has 1 aromatic heterocycles. The highest BCUT2D eigenvalue weighted by Gasteiger charge is 1.97. The Balaban J connectivity index is 2.02. The molecular weight excluding hydrogens is 174 g/mol. The highest BCUT2D eigenvalue weighted by Crippen LogP contribution is 2.02. The van der Waals surface area contributed by atoms with Crippen molar-refractivity contribution in [1.29, 1.82) is 0 Å². The number of nitrogens with one attached hydrogen (secondary N) is 1. The smallest absolute Gasteiger partial charge is 0.0945 e. The van der Waals surface area contributed by atoms with Crippen molar-refractivity contribution in [1.82, 2.24) is 14.9 Å². The Morgan fingerprint density at radius 3 is 2.86 bits per heavy atom. The molecule has 0 radical (unpaired) electrons. The minimum Gasteiger partial charge on any atom is -0.338 e. The highest BCUT2D eigenvalue weighted by molar-refractivity contribution is 4.97. The van der Waals surface area contributed by atoms with Gasteiger partial charge in [-0.2, -0.15) is 0 Å². The minimum absolute atomic E-state index is 1.14. The molecule has 0 aliphatic heterocycles. The maximum absolute atomic E-state index is 4.10. The molecule has 0 unspecified atom stereocenters. The Hall–Kier alpha value is -0.830. The van der Waals surface area contributed by atoms with Crippen LogP contribution in [0.5, 0.6) is 0 Å². The van der Waals surface area contributed by atoms with E-state index in [0.717, 1.165) is 19.5 Å². The van der Waals surface area contributed by atoms with Crippen LogP contribution in [0.3, 0.4) is 0 Å².